The van der Waals surface area contributed by atoms with Gasteiger partial charge in [0.2, 0.25) is 5.91 Å². The molecule has 0 bridgehead atoms. The quantitative estimate of drug-likeness (QED) is 0.540. The van der Waals surface area contributed by atoms with Crippen molar-refractivity contribution in [3.05, 3.63) is 22.8 Å². The standard InChI is InChI=1S/C22H35BrN4O5/c1-21(2,3)31-19(29)26(7)12-8-13-27(20(30)32-22(4,5)6)14-10-18(28)25-17-15-16(23)9-11-24-17/h9,11,15H,8,10,12-14H2,1-7H3,(H,24,25,28). The number of amides is 3. The van der Waals surface area contributed by atoms with Crippen LogP contribution >= 0.6 is 15.9 Å². The van der Waals surface area contributed by atoms with E-state index >= 15 is 0 Å². The summed E-state index contributed by atoms with van der Waals surface area (Å²) in [4.78, 5) is 44.1. The van der Waals surface area contributed by atoms with Gasteiger partial charge in [0, 0.05) is 43.8 Å². The van der Waals surface area contributed by atoms with Crippen LogP contribution in [-0.2, 0) is 14.3 Å². The maximum Gasteiger partial charge on any atom is 0.410 e. The third-order valence-electron chi connectivity index (χ3n) is 3.88. The monoisotopic (exact) mass is 514 g/mol. The molecule has 0 aromatic carbocycles. The zero-order chi connectivity index (χ0) is 24.5. The van der Waals surface area contributed by atoms with E-state index in [4.69, 9.17) is 9.47 Å². The van der Waals surface area contributed by atoms with Crippen molar-refractivity contribution in [2.75, 3.05) is 32.0 Å². The fourth-order valence-corrected chi connectivity index (χ4v) is 2.80. The molecule has 0 spiro atoms. The average molecular weight is 515 g/mol. The number of hydrogen-bond acceptors (Lipinski definition) is 6. The SMILES string of the molecule is CN(CCCN(CCC(=O)Nc1cc(Br)ccn1)C(=O)OC(C)(C)C)C(=O)OC(C)(C)C. The van der Waals surface area contributed by atoms with Gasteiger partial charge in [0.05, 0.1) is 0 Å². The number of carbonyl (C=O) groups is 3. The number of pyridine rings is 1. The second-order valence-corrected chi connectivity index (χ2v) is 10.3. The molecule has 3 amide bonds. The summed E-state index contributed by atoms with van der Waals surface area (Å²) in [6.07, 6.45) is 1.22. The maximum absolute atomic E-state index is 12.6. The molecular weight excluding hydrogens is 480 g/mol. The molecule has 0 unspecified atom stereocenters. The van der Waals surface area contributed by atoms with Gasteiger partial charge < -0.3 is 24.6 Å². The minimum atomic E-state index is -0.662. The Balaban J connectivity index is 2.65. The smallest absolute Gasteiger partial charge is 0.410 e. The third kappa shape index (κ3) is 11.9. The number of aromatic nitrogens is 1. The first-order chi connectivity index (χ1) is 14.7. The molecule has 0 aliphatic heterocycles. The number of anilines is 1. The zero-order valence-corrected chi connectivity index (χ0v) is 21.6. The summed E-state index contributed by atoms with van der Waals surface area (Å²) >= 11 is 3.33. The van der Waals surface area contributed by atoms with E-state index in [0.717, 1.165) is 4.47 Å². The molecule has 9 nitrogen and oxygen atoms in total. The highest BCUT2D eigenvalue weighted by Gasteiger charge is 2.24. The second kappa shape index (κ2) is 12.0. The van der Waals surface area contributed by atoms with Crippen molar-refractivity contribution >= 4 is 39.8 Å². The minimum Gasteiger partial charge on any atom is -0.444 e. The molecular formula is C22H35BrN4O5. The van der Waals surface area contributed by atoms with Crippen molar-refractivity contribution in [3.8, 4) is 0 Å². The highest BCUT2D eigenvalue weighted by atomic mass is 79.9. The van der Waals surface area contributed by atoms with Crippen molar-refractivity contribution in [2.24, 2.45) is 0 Å². The molecule has 1 aromatic rings. The van der Waals surface area contributed by atoms with Gasteiger partial charge in [0.25, 0.3) is 0 Å². The second-order valence-electron chi connectivity index (χ2n) is 9.38. The first-order valence-electron chi connectivity index (χ1n) is 10.5. The highest BCUT2D eigenvalue weighted by molar-refractivity contribution is 9.10. The van der Waals surface area contributed by atoms with Gasteiger partial charge in [-0.3, -0.25) is 4.79 Å². The number of ether oxygens (including phenoxy) is 2. The first-order valence-corrected chi connectivity index (χ1v) is 11.3. The van der Waals surface area contributed by atoms with E-state index < -0.39 is 23.4 Å². The number of nitrogens with zero attached hydrogens (tertiary/aromatic N) is 3. The van der Waals surface area contributed by atoms with Crippen LogP contribution in [0.25, 0.3) is 0 Å². The summed E-state index contributed by atoms with van der Waals surface area (Å²) in [6, 6.07) is 3.45. The molecule has 1 heterocycles. The van der Waals surface area contributed by atoms with Crippen LogP contribution in [0.5, 0.6) is 0 Å². The molecule has 0 aliphatic rings. The number of rotatable bonds is 8. The third-order valence-corrected chi connectivity index (χ3v) is 4.37. The Morgan fingerprint density at radius 1 is 1.00 bits per heavy atom. The first kappa shape index (κ1) is 27.7. The highest BCUT2D eigenvalue weighted by Crippen LogP contribution is 2.14. The number of hydrogen-bond donors (Lipinski definition) is 1. The van der Waals surface area contributed by atoms with Crippen LogP contribution in [0.1, 0.15) is 54.4 Å². The van der Waals surface area contributed by atoms with Gasteiger partial charge in [-0.25, -0.2) is 14.6 Å². The molecule has 1 aromatic heterocycles. The van der Waals surface area contributed by atoms with Crippen LogP contribution in [-0.4, -0.2) is 70.8 Å². The van der Waals surface area contributed by atoms with Gasteiger partial charge in [0.15, 0.2) is 0 Å². The fourth-order valence-electron chi connectivity index (χ4n) is 2.47. The normalized spacial score (nSPS) is 11.5. The van der Waals surface area contributed by atoms with E-state index in [2.05, 4.69) is 26.2 Å². The average Bonchev–Trinajstić information content (AvgIpc) is 2.61. The Bertz CT molecular complexity index is 789. The van der Waals surface area contributed by atoms with E-state index in [1.165, 1.54) is 9.80 Å². The van der Waals surface area contributed by atoms with E-state index in [9.17, 15) is 14.4 Å². The van der Waals surface area contributed by atoms with Gasteiger partial charge in [-0.15, -0.1) is 0 Å². The maximum atomic E-state index is 12.6. The van der Waals surface area contributed by atoms with Crippen molar-refractivity contribution < 1.29 is 23.9 Å². The molecule has 0 saturated heterocycles. The summed E-state index contributed by atoms with van der Waals surface area (Å²) in [6.45, 7) is 11.6. The van der Waals surface area contributed by atoms with Crippen molar-refractivity contribution in [1.82, 2.24) is 14.8 Å². The van der Waals surface area contributed by atoms with E-state index in [1.54, 1.807) is 66.9 Å². The lowest BCUT2D eigenvalue weighted by molar-refractivity contribution is -0.116. The fraction of sp³-hybridized carbons (Fsp3) is 0.636. The lowest BCUT2D eigenvalue weighted by Crippen LogP contribution is -2.40. The molecule has 1 rings (SSSR count). The Morgan fingerprint density at radius 2 is 1.59 bits per heavy atom. The van der Waals surface area contributed by atoms with Gasteiger partial charge in [-0.2, -0.15) is 0 Å². The van der Waals surface area contributed by atoms with Crippen LogP contribution in [0.4, 0.5) is 15.4 Å². The molecule has 1 N–H and O–H groups in total. The van der Waals surface area contributed by atoms with Gasteiger partial charge >= 0.3 is 12.2 Å². The molecule has 32 heavy (non-hydrogen) atoms. The Kier molecular flexibility index (Phi) is 10.4. The van der Waals surface area contributed by atoms with E-state index in [1.807, 2.05) is 0 Å². The molecule has 0 saturated carbocycles. The van der Waals surface area contributed by atoms with Crippen LogP contribution in [0.3, 0.4) is 0 Å². The van der Waals surface area contributed by atoms with Crippen LogP contribution in [0.2, 0.25) is 0 Å². The van der Waals surface area contributed by atoms with Crippen LogP contribution in [0.15, 0.2) is 22.8 Å². The molecule has 0 aliphatic carbocycles. The van der Waals surface area contributed by atoms with Crippen molar-refractivity contribution in [1.29, 1.82) is 0 Å². The minimum absolute atomic E-state index is 0.0787. The summed E-state index contributed by atoms with van der Waals surface area (Å²) < 4.78 is 11.6. The number of halogens is 1. The Morgan fingerprint density at radius 3 is 2.16 bits per heavy atom. The molecule has 10 heteroatoms. The Hall–Kier alpha value is -2.36. The van der Waals surface area contributed by atoms with Crippen LogP contribution < -0.4 is 5.32 Å². The zero-order valence-electron chi connectivity index (χ0n) is 20.0. The van der Waals surface area contributed by atoms with Crippen molar-refractivity contribution in [2.45, 2.75) is 65.6 Å². The molecule has 180 valence electrons. The topological polar surface area (TPSA) is 101 Å². The van der Waals surface area contributed by atoms with Crippen LogP contribution in [0, 0.1) is 0 Å². The summed E-state index contributed by atoms with van der Waals surface area (Å²) in [5.74, 6) is 0.155. The summed E-state index contributed by atoms with van der Waals surface area (Å²) in [5.41, 5.74) is -1.24. The predicted molar refractivity (Wildman–Crippen MR) is 126 cm³/mol. The van der Waals surface area contributed by atoms with Crippen molar-refractivity contribution in [3.63, 3.8) is 0 Å². The molecule has 0 atom stereocenters. The predicted octanol–water partition coefficient (Wildman–Crippen LogP) is 4.67. The lowest BCUT2D eigenvalue weighted by atomic mass is 10.2. The van der Waals surface area contributed by atoms with Gasteiger partial charge in [-0.1, -0.05) is 15.9 Å². The lowest BCUT2D eigenvalue weighted by Gasteiger charge is -2.28. The van der Waals surface area contributed by atoms with E-state index in [0.29, 0.717) is 25.3 Å². The van der Waals surface area contributed by atoms with Gasteiger partial charge in [0.1, 0.15) is 17.0 Å². The molecule has 0 radical (unpaired) electrons. The molecule has 0 fully saturated rings. The Labute approximate surface area is 199 Å². The van der Waals surface area contributed by atoms with E-state index in [-0.39, 0.29) is 18.9 Å². The number of carbonyl (C=O) groups excluding carboxylic acids is 3. The number of nitrogens with one attached hydrogen (secondary N) is 1. The largest absolute Gasteiger partial charge is 0.444 e. The summed E-state index contributed by atoms with van der Waals surface area (Å²) in [5, 5.41) is 2.71. The van der Waals surface area contributed by atoms with Gasteiger partial charge in [-0.05, 0) is 60.1 Å². The summed E-state index contributed by atoms with van der Waals surface area (Å²) in [7, 11) is 1.64.